The molecular weight excluding hydrogens is 216 g/mol. The highest BCUT2D eigenvalue weighted by molar-refractivity contribution is 7.09. The minimum absolute atomic E-state index is 0.392. The first-order valence-electron chi connectivity index (χ1n) is 6.05. The Bertz CT molecular complexity index is 330. The van der Waals surface area contributed by atoms with Gasteiger partial charge in [0.15, 0.2) is 0 Å². The highest BCUT2D eigenvalue weighted by atomic mass is 32.1. The standard InChI is InChI=1S/C13H20N2S/c14-15-12(10-13-7-4-8-16-13)9-11-5-2-1-3-6-11/h4-5,7-8,12,15H,1-3,6,9-10,14H2. The molecule has 0 saturated heterocycles. The molecule has 1 aliphatic carbocycles. The van der Waals surface area contributed by atoms with Gasteiger partial charge in [-0.15, -0.1) is 11.3 Å². The van der Waals surface area contributed by atoms with E-state index in [0.29, 0.717) is 6.04 Å². The van der Waals surface area contributed by atoms with Crippen molar-refractivity contribution in [1.82, 2.24) is 5.43 Å². The molecule has 0 amide bonds. The summed E-state index contributed by atoms with van der Waals surface area (Å²) in [6, 6.07) is 4.68. The maximum absolute atomic E-state index is 5.63. The van der Waals surface area contributed by atoms with Crippen LogP contribution in [0.1, 0.15) is 37.0 Å². The van der Waals surface area contributed by atoms with Crippen molar-refractivity contribution >= 4 is 11.3 Å². The summed E-state index contributed by atoms with van der Waals surface area (Å²) < 4.78 is 0. The third-order valence-electron chi connectivity index (χ3n) is 3.16. The third-order valence-corrected chi connectivity index (χ3v) is 4.06. The van der Waals surface area contributed by atoms with Gasteiger partial charge in [0, 0.05) is 10.9 Å². The first kappa shape index (κ1) is 11.8. The molecule has 0 aromatic carbocycles. The first-order valence-corrected chi connectivity index (χ1v) is 6.93. The van der Waals surface area contributed by atoms with Crippen molar-refractivity contribution in [2.24, 2.45) is 5.84 Å². The van der Waals surface area contributed by atoms with Gasteiger partial charge in [-0.25, -0.2) is 0 Å². The fraction of sp³-hybridized carbons (Fsp3) is 0.538. The van der Waals surface area contributed by atoms with Crippen molar-refractivity contribution in [3.05, 3.63) is 34.0 Å². The van der Waals surface area contributed by atoms with Gasteiger partial charge in [-0.2, -0.15) is 0 Å². The zero-order chi connectivity index (χ0) is 11.2. The fourth-order valence-corrected chi connectivity index (χ4v) is 3.05. The van der Waals surface area contributed by atoms with E-state index in [-0.39, 0.29) is 0 Å². The minimum atomic E-state index is 0.392. The summed E-state index contributed by atoms with van der Waals surface area (Å²) >= 11 is 1.81. The van der Waals surface area contributed by atoms with Crippen LogP contribution in [0.2, 0.25) is 0 Å². The lowest BCUT2D eigenvalue weighted by Gasteiger charge is -2.19. The van der Waals surface area contributed by atoms with Gasteiger partial charge in [0.05, 0.1) is 0 Å². The molecule has 2 rings (SSSR count). The molecule has 0 spiro atoms. The summed E-state index contributed by atoms with van der Waals surface area (Å²) in [6.07, 6.45) is 9.79. The lowest BCUT2D eigenvalue weighted by atomic mass is 9.93. The van der Waals surface area contributed by atoms with Crippen LogP contribution in [-0.4, -0.2) is 6.04 Å². The minimum Gasteiger partial charge on any atom is -0.271 e. The van der Waals surface area contributed by atoms with Gasteiger partial charge in [-0.05, 0) is 50.0 Å². The monoisotopic (exact) mass is 236 g/mol. The Labute approximate surface area is 102 Å². The Morgan fingerprint density at radius 3 is 2.94 bits per heavy atom. The Balaban J connectivity index is 1.87. The van der Waals surface area contributed by atoms with Crippen LogP contribution in [0.3, 0.4) is 0 Å². The van der Waals surface area contributed by atoms with E-state index >= 15 is 0 Å². The van der Waals surface area contributed by atoms with E-state index in [4.69, 9.17) is 5.84 Å². The summed E-state index contributed by atoms with van der Waals surface area (Å²) in [7, 11) is 0. The number of nitrogens with two attached hydrogens (primary N) is 1. The van der Waals surface area contributed by atoms with E-state index in [1.807, 2.05) is 11.3 Å². The Hall–Kier alpha value is -0.640. The summed E-state index contributed by atoms with van der Waals surface area (Å²) in [4.78, 5) is 1.42. The first-order chi connectivity index (χ1) is 7.88. The van der Waals surface area contributed by atoms with Crippen LogP contribution in [0.5, 0.6) is 0 Å². The maximum atomic E-state index is 5.63. The SMILES string of the molecule is NNC(CC1=CCCCC1)Cc1cccs1. The molecule has 2 nitrogen and oxygen atoms in total. The average Bonchev–Trinajstić information content (AvgIpc) is 2.82. The lowest BCUT2D eigenvalue weighted by Crippen LogP contribution is -2.37. The van der Waals surface area contributed by atoms with Gasteiger partial charge in [0.1, 0.15) is 0 Å². The molecule has 88 valence electrons. The second kappa shape index (κ2) is 6.18. The molecule has 1 atom stereocenters. The summed E-state index contributed by atoms with van der Waals surface area (Å²) in [5.41, 5.74) is 4.54. The highest BCUT2D eigenvalue weighted by Gasteiger charge is 2.12. The number of nitrogens with one attached hydrogen (secondary N) is 1. The largest absolute Gasteiger partial charge is 0.271 e. The van der Waals surface area contributed by atoms with Crippen LogP contribution in [-0.2, 0) is 6.42 Å². The van der Waals surface area contributed by atoms with Gasteiger partial charge in [-0.3, -0.25) is 11.3 Å². The second-order valence-electron chi connectivity index (χ2n) is 4.46. The number of allylic oxidation sites excluding steroid dienone is 1. The lowest BCUT2D eigenvalue weighted by molar-refractivity contribution is 0.507. The van der Waals surface area contributed by atoms with Gasteiger partial charge in [0.25, 0.3) is 0 Å². The highest BCUT2D eigenvalue weighted by Crippen LogP contribution is 2.23. The van der Waals surface area contributed by atoms with Crippen LogP contribution in [0.4, 0.5) is 0 Å². The third kappa shape index (κ3) is 3.44. The van der Waals surface area contributed by atoms with Crippen molar-refractivity contribution in [1.29, 1.82) is 0 Å². The van der Waals surface area contributed by atoms with Crippen molar-refractivity contribution < 1.29 is 0 Å². The van der Waals surface area contributed by atoms with Crippen LogP contribution in [0.15, 0.2) is 29.2 Å². The molecular formula is C13H20N2S. The average molecular weight is 236 g/mol. The fourth-order valence-electron chi connectivity index (χ4n) is 2.27. The molecule has 16 heavy (non-hydrogen) atoms. The predicted octanol–water partition coefficient (Wildman–Crippen LogP) is 3.01. The van der Waals surface area contributed by atoms with Crippen LogP contribution < -0.4 is 11.3 Å². The second-order valence-corrected chi connectivity index (χ2v) is 5.49. The maximum Gasteiger partial charge on any atom is 0.0295 e. The topological polar surface area (TPSA) is 38.0 Å². The van der Waals surface area contributed by atoms with Crippen molar-refractivity contribution in [3.63, 3.8) is 0 Å². The van der Waals surface area contributed by atoms with E-state index in [0.717, 1.165) is 12.8 Å². The Morgan fingerprint density at radius 1 is 1.38 bits per heavy atom. The van der Waals surface area contributed by atoms with Crippen LogP contribution in [0, 0.1) is 0 Å². The normalized spacial score (nSPS) is 18.2. The summed E-state index contributed by atoms with van der Waals surface area (Å²) in [5.74, 6) is 5.63. The van der Waals surface area contributed by atoms with Gasteiger partial charge >= 0.3 is 0 Å². The number of hydrogen-bond donors (Lipinski definition) is 2. The number of hydrazine groups is 1. The van der Waals surface area contributed by atoms with Gasteiger partial charge in [-0.1, -0.05) is 17.7 Å². The molecule has 1 heterocycles. The van der Waals surface area contributed by atoms with E-state index in [1.54, 1.807) is 5.57 Å². The Kier molecular flexibility index (Phi) is 4.57. The molecule has 3 N–H and O–H groups in total. The predicted molar refractivity (Wildman–Crippen MR) is 70.3 cm³/mol. The number of hydrogen-bond acceptors (Lipinski definition) is 3. The van der Waals surface area contributed by atoms with Crippen molar-refractivity contribution in [2.45, 2.75) is 44.6 Å². The molecule has 0 aliphatic heterocycles. The summed E-state index contributed by atoms with van der Waals surface area (Å²) in [6.45, 7) is 0. The number of rotatable bonds is 5. The molecule has 0 saturated carbocycles. The molecule has 1 aromatic rings. The molecule has 0 radical (unpaired) electrons. The molecule has 1 aliphatic rings. The molecule has 0 fully saturated rings. The molecule has 0 bridgehead atoms. The van der Waals surface area contributed by atoms with E-state index in [1.165, 1.54) is 30.6 Å². The Morgan fingerprint density at radius 2 is 2.31 bits per heavy atom. The van der Waals surface area contributed by atoms with E-state index in [2.05, 4.69) is 29.0 Å². The zero-order valence-electron chi connectivity index (χ0n) is 9.61. The zero-order valence-corrected chi connectivity index (χ0v) is 10.4. The molecule has 1 unspecified atom stereocenters. The van der Waals surface area contributed by atoms with Gasteiger partial charge < -0.3 is 0 Å². The quantitative estimate of drug-likeness (QED) is 0.468. The molecule has 3 heteroatoms. The van der Waals surface area contributed by atoms with E-state index < -0.39 is 0 Å². The molecule has 1 aromatic heterocycles. The van der Waals surface area contributed by atoms with Crippen molar-refractivity contribution in [3.8, 4) is 0 Å². The van der Waals surface area contributed by atoms with Gasteiger partial charge in [0.2, 0.25) is 0 Å². The van der Waals surface area contributed by atoms with Crippen LogP contribution in [0.25, 0.3) is 0 Å². The number of thiophene rings is 1. The van der Waals surface area contributed by atoms with E-state index in [9.17, 15) is 0 Å². The summed E-state index contributed by atoms with van der Waals surface area (Å²) in [5, 5.41) is 2.13. The van der Waals surface area contributed by atoms with Crippen LogP contribution >= 0.6 is 11.3 Å². The van der Waals surface area contributed by atoms with Crippen molar-refractivity contribution in [2.75, 3.05) is 0 Å². The smallest absolute Gasteiger partial charge is 0.0295 e.